The van der Waals surface area contributed by atoms with E-state index in [0.717, 1.165) is 0 Å². The van der Waals surface area contributed by atoms with Gasteiger partial charge in [-0.25, -0.2) is 13.8 Å². The Labute approximate surface area is 178 Å². The number of benzene rings is 1. The number of likely N-dealkylation sites (tertiary alicyclic amines) is 1. The molecule has 0 N–H and O–H groups in total. The van der Waals surface area contributed by atoms with Crippen LogP contribution in [0.15, 0.2) is 47.1 Å². The Hall–Kier alpha value is -3.20. The molecule has 3 aromatic rings. The summed E-state index contributed by atoms with van der Waals surface area (Å²) in [4.78, 5) is 22.8. The summed E-state index contributed by atoms with van der Waals surface area (Å²) in [6.07, 6.45) is 3.18. The Morgan fingerprint density at radius 2 is 1.94 bits per heavy atom. The van der Waals surface area contributed by atoms with Gasteiger partial charge in [0.2, 0.25) is 0 Å². The molecule has 0 saturated carbocycles. The van der Waals surface area contributed by atoms with Crippen molar-refractivity contribution in [3.05, 3.63) is 65.7 Å². The SMILES string of the molecule is COCCC1(c2noc(-c3ccc(F)cc3)n2)CCN(C(=O)c2ncccc2F)CC1. The minimum Gasteiger partial charge on any atom is -0.385 e. The summed E-state index contributed by atoms with van der Waals surface area (Å²) in [5.41, 5.74) is 0.00219. The van der Waals surface area contributed by atoms with Crippen LogP contribution in [-0.4, -0.2) is 52.7 Å². The fraction of sp³-hybridized carbons (Fsp3) is 0.364. The van der Waals surface area contributed by atoms with Crippen LogP contribution < -0.4 is 0 Å². The molecule has 2 aromatic heterocycles. The molecule has 162 valence electrons. The highest BCUT2D eigenvalue weighted by Gasteiger charge is 2.41. The number of aromatic nitrogens is 3. The normalized spacial score (nSPS) is 15.8. The quantitative estimate of drug-likeness (QED) is 0.597. The Morgan fingerprint density at radius 3 is 2.61 bits per heavy atom. The van der Waals surface area contributed by atoms with Gasteiger partial charge in [-0.05, 0) is 55.7 Å². The van der Waals surface area contributed by atoms with Crippen LogP contribution in [0.25, 0.3) is 11.5 Å². The van der Waals surface area contributed by atoms with Gasteiger partial charge >= 0.3 is 0 Å². The second kappa shape index (κ2) is 8.89. The molecule has 1 aliphatic heterocycles. The fourth-order valence-corrected chi connectivity index (χ4v) is 3.86. The standard InChI is InChI=1S/C22H22F2N4O3/c1-30-14-10-22(21-26-19(31-27-21)15-4-6-16(23)7-5-15)8-12-28(13-9-22)20(29)18-17(24)3-2-11-25-18/h2-7,11H,8-10,12-14H2,1H3. The van der Waals surface area contributed by atoms with Crippen molar-refractivity contribution >= 4 is 5.91 Å². The largest absolute Gasteiger partial charge is 0.385 e. The van der Waals surface area contributed by atoms with E-state index in [0.29, 0.717) is 56.2 Å². The number of hydrogen-bond donors (Lipinski definition) is 0. The molecule has 31 heavy (non-hydrogen) atoms. The predicted octanol–water partition coefficient (Wildman–Crippen LogP) is 3.62. The van der Waals surface area contributed by atoms with E-state index in [2.05, 4.69) is 15.1 Å². The zero-order chi connectivity index (χ0) is 21.8. The predicted molar refractivity (Wildman–Crippen MR) is 107 cm³/mol. The highest BCUT2D eigenvalue weighted by Crippen LogP contribution is 2.38. The lowest BCUT2D eigenvalue weighted by atomic mass is 9.75. The molecule has 9 heteroatoms. The van der Waals surface area contributed by atoms with E-state index in [9.17, 15) is 13.6 Å². The van der Waals surface area contributed by atoms with Crippen LogP contribution in [0.4, 0.5) is 8.78 Å². The Bertz CT molecular complexity index is 1050. The van der Waals surface area contributed by atoms with E-state index < -0.39 is 17.1 Å². The van der Waals surface area contributed by atoms with Crippen molar-refractivity contribution in [3.8, 4) is 11.5 Å². The van der Waals surface area contributed by atoms with Crippen molar-refractivity contribution in [2.45, 2.75) is 24.7 Å². The number of carbonyl (C=O) groups excluding carboxylic acids is 1. The van der Waals surface area contributed by atoms with Gasteiger partial charge in [-0.15, -0.1) is 0 Å². The van der Waals surface area contributed by atoms with Gasteiger partial charge in [-0.3, -0.25) is 4.79 Å². The van der Waals surface area contributed by atoms with Crippen molar-refractivity contribution in [3.63, 3.8) is 0 Å². The number of rotatable bonds is 6. The number of amides is 1. The number of piperidine rings is 1. The molecule has 1 fully saturated rings. The molecule has 1 aromatic carbocycles. The number of carbonyl (C=O) groups is 1. The topological polar surface area (TPSA) is 81.4 Å². The van der Waals surface area contributed by atoms with Gasteiger partial charge in [0, 0.05) is 44.0 Å². The van der Waals surface area contributed by atoms with E-state index in [-0.39, 0.29) is 11.5 Å². The summed E-state index contributed by atoms with van der Waals surface area (Å²) < 4.78 is 37.9. The first-order valence-corrected chi connectivity index (χ1v) is 10.0. The number of ether oxygens (including phenoxy) is 1. The van der Waals surface area contributed by atoms with Crippen molar-refractivity contribution < 1.29 is 22.8 Å². The van der Waals surface area contributed by atoms with E-state index in [4.69, 9.17) is 9.26 Å². The van der Waals surface area contributed by atoms with E-state index in [1.807, 2.05) is 0 Å². The minimum absolute atomic E-state index is 0.176. The number of hydrogen-bond acceptors (Lipinski definition) is 6. The smallest absolute Gasteiger partial charge is 0.275 e. The molecular weight excluding hydrogens is 406 g/mol. The molecule has 0 spiro atoms. The average molecular weight is 428 g/mol. The summed E-state index contributed by atoms with van der Waals surface area (Å²) in [6.45, 7) is 1.29. The molecule has 0 radical (unpaired) electrons. The first kappa shape index (κ1) is 21.0. The highest BCUT2D eigenvalue weighted by molar-refractivity contribution is 5.92. The molecule has 3 heterocycles. The lowest BCUT2D eigenvalue weighted by molar-refractivity contribution is 0.0606. The Kier molecular flexibility index (Phi) is 6.03. The monoisotopic (exact) mass is 428 g/mol. The molecular formula is C22H22F2N4O3. The molecule has 1 amide bonds. The van der Waals surface area contributed by atoms with Gasteiger partial charge in [0.05, 0.1) is 0 Å². The van der Waals surface area contributed by atoms with Crippen LogP contribution in [-0.2, 0) is 10.2 Å². The zero-order valence-electron chi connectivity index (χ0n) is 17.1. The summed E-state index contributed by atoms with van der Waals surface area (Å²) in [5, 5.41) is 4.19. The maximum absolute atomic E-state index is 14.0. The fourth-order valence-electron chi connectivity index (χ4n) is 3.86. The van der Waals surface area contributed by atoms with Gasteiger partial charge in [0.25, 0.3) is 11.8 Å². The van der Waals surface area contributed by atoms with Crippen LogP contribution >= 0.6 is 0 Å². The highest BCUT2D eigenvalue weighted by atomic mass is 19.1. The van der Waals surface area contributed by atoms with Crippen molar-refractivity contribution in [2.24, 2.45) is 0 Å². The number of halogens is 2. The minimum atomic E-state index is -0.633. The van der Waals surface area contributed by atoms with Crippen molar-refractivity contribution in [1.29, 1.82) is 0 Å². The molecule has 0 bridgehead atoms. The lowest BCUT2D eigenvalue weighted by Crippen LogP contribution is -2.46. The number of methoxy groups -OCH3 is 1. The molecule has 4 rings (SSSR count). The first-order chi connectivity index (χ1) is 15.0. The first-order valence-electron chi connectivity index (χ1n) is 10.0. The van der Waals surface area contributed by atoms with Gasteiger partial charge < -0.3 is 14.2 Å². The van der Waals surface area contributed by atoms with Crippen LogP contribution in [0.1, 0.15) is 35.6 Å². The molecule has 1 aliphatic rings. The van der Waals surface area contributed by atoms with Crippen molar-refractivity contribution in [1.82, 2.24) is 20.0 Å². The maximum Gasteiger partial charge on any atom is 0.275 e. The number of pyridine rings is 1. The Morgan fingerprint density at radius 1 is 1.19 bits per heavy atom. The summed E-state index contributed by atoms with van der Waals surface area (Å²) >= 11 is 0. The summed E-state index contributed by atoms with van der Waals surface area (Å²) in [7, 11) is 1.62. The van der Waals surface area contributed by atoms with Crippen LogP contribution in [0.5, 0.6) is 0 Å². The van der Waals surface area contributed by atoms with Gasteiger partial charge in [-0.2, -0.15) is 4.98 Å². The van der Waals surface area contributed by atoms with Gasteiger partial charge in [0.1, 0.15) is 5.82 Å². The molecule has 7 nitrogen and oxygen atoms in total. The third kappa shape index (κ3) is 4.32. The summed E-state index contributed by atoms with van der Waals surface area (Å²) in [6, 6.07) is 8.51. The second-order valence-corrected chi connectivity index (χ2v) is 7.58. The van der Waals surface area contributed by atoms with Crippen LogP contribution in [0.3, 0.4) is 0 Å². The molecule has 0 aliphatic carbocycles. The molecule has 0 unspecified atom stereocenters. The third-order valence-corrected chi connectivity index (χ3v) is 5.75. The van der Waals surface area contributed by atoms with E-state index in [1.165, 1.54) is 30.5 Å². The van der Waals surface area contributed by atoms with Crippen molar-refractivity contribution in [2.75, 3.05) is 26.8 Å². The van der Waals surface area contributed by atoms with Crippen LogP contribution in [0, 0.1) is 11.6 Å². The maximum atomic E-state index is 14.0. The van der Waals surface area contributed by atoms with Gasteiger partial charge in [-0.1, -0.05) is 5.16 Å². The second-order valence-electron chi connectivity index (χ2n) is 7.58. The zero-order valence-corrected chi connectivity index (χ0v) is 17.1. The molecule has 1 saturated heterocycles. The average Bonchev–Trinajstić information content (AvgIpc) is 3.29. The van der Waals surface area contributed by atoms with Gasteiger partial charge in [0.15, 0.2) is 17.3 Å². The lowest BCUT2D eigenvalue weighted by Gasteiger charge is -2.39. The summed E-state index contributed by atoms with van der Waals surface area (Å²) in [5.74, 6) is -0.577. The van der Waals surface area contributed by atoms with Crippen LogP contribution in [0.2, 0.25) is 0 Å². The van der Waals surface area contributed by atoms with E-state index in [1.54, 1.807) is 24.1 Å². The number of nitrogens with zero attached hydrogens (tertiary/aromatic N) is 4. The molecule has 0 atom stereocenters. The Balaban J connectivity index is 1.54. The third-order valence-electron chi connectivity index (χ3n) is 5.75. The van der Waals surface area contributed by atoms with E-state index >= 15 is 0 Å².